The summed E-state index contributed by atoms with van der Waals surface area (Å²) in [6, 6.07) is 4.76. The van der Waals surface area contributed by atoms with E-state index in [1.807, 2.05) is 4.90 Å². The molecule has 1 aromatic rings. The van der Waals surface area contributed by atoms with Gasteiger partial charge in [-0.2, -0.15) is 0 Å². The van der Waals surface area contributed by atoms with Crippen LogP contribution in [0.5, 0.6) is 0 Å². The molecule has 0 unspecified atom stereocenters. The summed E-state index contributed by atoms with van der Waals surface area (Å²) in [5, 5.41) is 0. The molecule has 3 saturated heterocycles. The standard InChI is InChI=1S/C17H21N3O4/c21-14-4-1-2-7-18(14)9-5-15(22)19-10-6-17-13(19)12-16(23)20(17)8-3-11-24-17/h1-2,4,7,13H,3,5-6,8-12H2/t13-,17+/m1/s1. The average molecular weight is 331 g/mol. The van der Waals surface area contributed by atoms with Crippen molar-refractivity contribution in [3.05, 3.63) is 34.7 Å². The van der Waals surface area contributed by atoms with Crippen molar-refractivity contribution in [1.29, 1.82) is 0 Å². The molecule has 4 rings (SSSR count). The van der Waals surface area contributed by atoms with Gasteiger partial charge in [-0.25, -0.2) is 0 Å². The minimum Gasteiger partial charge on any atom is -0.353 e. The van der Waals surface area contributed by atoms with Gasteiger partial charge in [0.1, 0.15) is 0 Å². The van der Waals surface area contributed by atoms with Gasteiger partial charge in [-0.1, -0.05) is 6.07 Å². The van der Waals surface area contributed by atoms with Crippen molar-refractivity contribution in [2.24, 2.45) is 0 Å². The lowest BCUT2D eigenvalue weighted by atomic mass is 10.0. The van der Waals surface area contributed by atoms with Crippen LogP contribution in [0.1, 0.15) is 25.7 Å². The molecule has 4 heterocycles. The number of nitrogens with zero attached hydrogens (tertiary/aromatic N) is 3. The van der Waals surface area contributed by atoms with E-state index in [4.69, 9.17) is 4.74 Å². The Labute approximate surface area is 139 Å². The van der Waals surface area contributed by atoms with Crippen molar-refractivity contribution >= 4 is 11.8 Å². The van der Waals surface area contributed by atoms with Gasteiger partial charge in [0.2, 0.25) is 11.8 Å². The number of aromatic nitrogens is 1. The molecule has 1 spiro atoms. The predicted molar refractivity (Wildman–Crippen MR) is 85.1 cm³/mol. The Balaban J connectivity index is 1.47. The zero-order valence-corrected chi connectivity index (χ0v) is 13.5. The van der Waals surface area contributed by atoms with Crippen molar-refractivity contribution in [1.82, 2.24) is 14.4 Å². The van der Waals surface area contributed by atoms with Gasteiger partial charge in [0.25, 0.3) is 5.56 Å². The number of rotatable bonds is 3. The molecule has 24 heavy (non-hydrogen) atoms. The number of carbonyl (C=O) groups is 2. The molecule has 1 aromatic heterocycles. The Morgan fingerprint density at radius 3 is 3.00 bits per heavy atom. The first-order valence-corrected chi connectivity index (χ1v) is 8.51. The van der Waals surface area contributed by atoms with Crippen LogP contribution in [-0.4, -0.2) is 57.6 Å². The quantitative estimate of drug-likeness (QED) is 0.793. The Bertz CT molecular complexity index is 731. The van der Waals surface area contributed by atoms with Crippen LogP contribution in [0.15, 0.2) is 29.2 Å². The topological polar surface area (TPSA) is 71.9 Å². The summed E-state index contributed by atoms with van der Waals surface area (Å²) in [5.74, 6) is 0.0629. The average Bonchev–Trinajstić information content (AvgIpc) is 3.06. The normalized spacial score (nSPS) is 28.8. The summed E-state index contributed by atoms with van der Waals surface area (Å²) in [5.41, 5.74) is -0.713. The number of amides is 2. The van der Waals surface area contributed by atoms with Crippen molar-refractivity contribution in [3.63, 3.8) is 0 Å². The number of aryl methyl sites for hydroxylation is 1. The van der Waals surface area contributed by atoms with Crippen LogP contribution in [-0.2, 0) is 20.9 Å². The molecule has 3 fully saturated rings. The summed E-state index contributed by atoms with van der Waals surface area (Å²) in [6.45, 7) is 2.32. The molecule has 0 radical (unpaired) electrons. The maximum Gasteiger partial charge on any atom is 0.250 e. The second-order valence-electron chi connectivity index (χ2n) is 6.63. The molecule has 7 nitrogen and oxygen atoms in total. The van der Waals surface area contributed by atoms with Crippen LogP contribution in [0.4, 0.5) is 0 Å². The lowest BCUT2D eigenvalue weighted by Crippen LogP contribution is -2.56. The summed E-state index contributed by atoms with van der Waals surface area (Å²) in [6.07, 6.45) is 3.82. The zero-order valence-electron chi connectivity index (χ0n) is 13.5. The van der Waals surface area contributed by atoms with Gasteiger partial charge in [0, 0.05) is 44.7 Å². The molecular weight excluding hydrogens is 310 g/mol. The Morgan fingerprint density at radius 2 is 2.17 bits per heavy atom. The fraction of sp³-hybridized carbons (Fsp3) is 0.588. The maximum atomic E-state index is 12.7. The lowest BCUT2D eigenvalue weighted by Gasteiger charge is -2.42. The van der Waals surface area contributed by atoms with E-state index in [1.54, 1.807) is 23.2 Å². The highest BCUT2D eigenvalue weighted by Gasteiger charge is 2.61. The number of ether oxygens (including phenoxy) is 1. The highest BCUT2D eigenvalue weighted by Crippen LogP contribution is 2.44. The lowest BCUT2D eigenvalue weighted by molar-refractivity contribution is -0.181. The van der Waals surface area contributed by atoms with E-state index in [0.717, 1.165) is 13.0 Å². The van der Waals surface area contributed by atoms with Crippen molar-refractivity contribution in [3.8, 4) is 0 Å². The Hall–Kier alpha value is -2.15. The molecule has 0 bridgehead atoms. The van der Waals surface area contributed by atoms with Crippen LogP contribution in [0.2, 0.25) is 0 Å². The van der Waals surface area contributed by atoms with Crippen molar-refractivity contribution < 1.29 is 14.3 Å². The zero-order chi connectivity index (χ0) is 16.7. The molecule has 3 aliphatic rings. The van der Waals surface area contributed by atoms with E-state index in [9.17, 15) is 14.4 Å². The first kappa shape index (κ1) is 15.4. The number of carbonyl (C=O) groups excluding carboxylic acids is 2. The minimum absolute atomic E-state index is 0.0172. The second kappa shape index (κ2) is 5.73. The smallest absolute Gasteiger partial charge is 0.250 e. The van der Waals surface area contributed by atoms with Gasteiger partial charge in [0.05, 0.1) is 19.1 Å². The van der Waals surface area contributed by atoms with E-state index in [2.05, 4.69) is 0 Å². The first-order chi connectivity index (χ1) is 11.6. The molecule has 0 N–H and O–H groups in total. The predicted octanol–water partition coefficient (Wildman–Crippen LogP) is 0.188. The summed E-state index contributed by atoms with van der Waals surface area (Å²) in [4.78, 5) is 40.3. The number of likely N-dealkylation sites (tertiary alicyclic amines) is 1. The third-order valence-electron chi connectivity index (χ3n) is 5.40. The molecule has 2 atom stereocenters. The highest BCUT2D eigenvalue weighted by atomic mass is 16.5. The summed E-state index contributed by atoms with van der Waals surface area (Å²) in [7, 11) is 0. The van der Waals surface area contributed by atoms with E-state index >= 15 is 0 Å². The van der Waals surface area contributed by atoms with Crippen molar-refractivity contribution in [2.75, 3.05) is 19.7 Å². The number of hydrogen-bond acceptors (Lipinski definition) is 4. The first-order valence-electron chi connectivity index (χ1n) is 8.51. The van der Waals surface area contributed by atoms with Crippen LogP contribution >= 0.6 is 0 Å². The molecule has 3 aliphatic heterocycles. The highest BCUT2D eigenvalue weighted by molar-refractivity contribution is 5.84. The SMILES string of the molecule is O=C(CCn1ccccc1=O)N1CC[C@@]23OCCCN2C(=O)C[C@@H]13. The molecule has 0 aliphatic carbocycles. The Morgan fingerprint density at radius 1 is 1.29 bits per heavy atom. The summed E-state index contributed by atoms with van der Waals surface area (Å²) < 4.78 is 7.54. The number of hydrogen-bond donors (Lipinski definition) is 0. The molecule has 2 amide bonds. The van der Waals surface area contributed by atoms with Crippen LogP contribution < -0.4 is 5.56 Å². The van der Waals surface area contributed by atoms with Gasteiger partial charge in [-0.3, -0.25) is 14.4 Å². The van der Waals surface area contributed by atoms with Crippen molar-refractivity contribution in [2.45, 2.75) is 44.0 Å². The molecular formula is C17H21N3O4. The number of pyridine rings is 1. The second-order valence-corrected chi connectivity index (χ2v) is 6.63. The van der Waals surface area contributed by atoms with Crippen LogP contribution in [0, 0.1) is 0 Å². The van der Waals surface area contributed by atoms with E-state index in [1.165, 1.54) is 10.6 Å². The monoisotopic (exact) mass is 331 g/mol. The van der Waals surface area contributed by atoms with E-state index < -0.39 is 5.72 Å². The van der Waals surface area contributed by atoms with Gasteiger partial charge >= 0.3 is 0 Å². The van der Waals surface area contributed by atoms with E-state index in [0.29, 0.717) is 32.5 Å². The molecule has 7 heteroatoms. The van der Waals surface area contributed by atoms with Crippen LogP contribution in [0.3, 0.4) is 0 Å². The van der Waals surface area contributed by atoms with Gasteiger partial charge in [-0.05, 0) is 12.5 Å². The third kappa shape index (κ3) is 2.26. The summed E-state index contributed by atoms with van der Waals surface area (Å²) >= 11 is 0. The van der Waals surface area contributed by atoms with Gasteiger partial charge < -0.3 is 19.1 Å². The maximum absolute atomic E-state index is 12.7. The molecule has 0 aromatic carbocycles. The molecule has 128 valence electrons. The third-order valence-corrected chi connectivity index (χ3v) is 5.40. The Kier molecular flexibility index (Phi) is 3.68. The molecule has 0 saturated carbocycles. The minimum atomic E-state index is -0.603. The fourth-order valence-electron chi connectivity index (χ4n) is 4.25. The van der Waals surface area contributed by atoms with Gasteiger partial charge in [-0.15, -0.1) is 0 Å². The fourth-order valence-corrected chi connectivity index (χ4v) is 4.25. The largest absolute Gasteiger partial charge is 0.353 e. The van der Waals surface area contributed by atoms with Gasteiger partial charge in [0.15, 0.2) is 5.72 Å². The van der Waals surface area contributed by atoms with Crippen LogP contribution in [0.25, 0.3) is 0 Å². The van der Waals surface area contributed by atoms with E-state index in [-0.39, 0.29) is 29.8 Å².